The van der Waals surface area contributed by atoms with E-state index >= 15 is 0 Å². The van der Waals surface area contributed by atoms with Crippen molar-refractivity contribution >= 4 is 33.3 Å². The van der Waals surface area contributed by atoms with E-state index in [0.29, 0.717) is 17.6 Å². The van der Waals surface area contributed by atoms with E-state index in [1.54, 1.807) is 6.07 Å². The van der Waals surface area contributed by atoms with Crippen LogP contribution < -0.4 is 10.6 Å². The average molecular weight is 347 g/mol. The molecule has 1 saturated carbocycles. The number of carbonyl (C=O) groups excluding carboxylic acids is 1. The molecule has 108 valence electrons. The highest BCUT2D eigenvalue weighted by Crippen LogP contribution is 2.23. The van der Waals surface area contributed by atoms with Crippen LogP contribution in [0.15, 0.2) is 35.1 Å². The Balaban J connectivity index is 1.77. The highest BCUT2D eigenvalue weighted by Gasteiger charge is 2.24. The summed E-state index contributed by atoms with van der Waals surface area (Å²) in [5.41, 5.74) is 2.42. The number of aryl methyl sites for hydroxylation is 1. The van der Waals surface area contributed by atoms with E-state index in [2.05, 4.69) is 36.5 Å². The molecule has 2 N–H and O–H groups in total. The Bertz CT molecular complexity index is 685. The van der Waals surface area contributed by atoms with E-state index in [1.165, 1.54) is 6.33 Å². The van der Waals surface area contributed by atoms with Crippen LogP contribution in [0.3, 0.4) is 0 Å². The molecule has 6 heteroatoms. The third-order valence-corrected chi connectivity index (χ3v) is 3.76. The zero-order valence-electron chi connectivity index (χ0n) is 11.6. The lowest BCUT2D eigenvalue weighted by molar-refractivity contribution is 0.0946. The molecule has 1 aromatic heterocycles. The number of hydrogen-bond acceptors (Lipinski definition) is 4. The first kappa shape index (κ1) is 14.0. The molecule has 0 saturated heterocycles. The van der Waals surface area contributed by atoms with Gasteiger partial charge in [0.1, 0.15) is 17.8 Å². The van der Waals surface area contributed by atoms with E-state index in [-0.39, 0.29) is 5.91 Å². The lowest BCUT2D eigenvalue weighted by atomic mass is 10.2. The monoisotopic (exact) mass is 346 g/mol. The fourth-order valence-electron chi connectivity index (χ4n) is 1.94. The number of rotatable bonds is 4. The molecule has 2 aromatic rings. The summed E-state index contributed by atoms with van der Waals surface area (Å²) in [4.78, 5) is 20.2. The van der Waals surface area contributed by atoms with E-state index in [1.807, 2.05) is 25.1 Å². The second kappa shape index (κ2) is 5.81. The Labute approximate surface area is 131 Å². The van der Waals surface area contributed by atoms with Gasteiger partial charge in [-0.25, -0.2) is 9.97 Å². The molecule has 21 heavy (non-hydrogen) atoms. The van der Waals surface area contributed by atoms with Crippen molar-refractivity contribution in [3.63, 3.8) is 0 Å². The number of benzene rings is 1. The fourth-order valence-corrected chi connectivity index (χ4v) is 2.42. The first-order valence-electron chi connectivity index (χ1n) is 6.78. The van der Waals surface area contributed by atoms with Crippen molar-refractivity contribution in [2.45, 2.75) is 25.8 Å². The third kappa shape index (κ3) is 3.58. The van der Waals surface area contributed by atoms with Gasteiger partial charge in [0.2, 0.25) is 0 Å². The molecular weight excluding hydrogens is 332 g/mol. The lowest BCUT2D eigenvalue weighted by Crippen LogP contribution is -2.26. The molecule has 1 fully saturated rings. The third-order valence-electron chi connectivity index (χ3n) is 3.26. The lowest BCUT2D eigenvalue weighted by Gasteiger charge is -2.10. The molecule has 0 atom stereocenters. The largest absolute Gasteiger partial charge is 0.348 e. The standard InChI is InChI=1S/C15H15BrN4O/c1-9-6-10(16)2-5-12(9)20-14-7-13(17-8-18-14)15(21)19-11-3-4-11/h2,5-8,11H,3-4H2,1H3,(H,19,21)(H,17,18,20). The molecule has 1 heterocycles. The Hall–Kier alpha value is -1.95. The molecule has 0 bridgehead atoms. The highest BCUT2D eigenvalue weighted by atomic mass is 79.9. The fraction of sp³-hybridized carbons (Fsp3) is 0.267. The van der Waals surface area contributed by atoms with Crippen LogP contribution in [0.5, 0.6) is 0 Å². The van der Waals surface area contributed by atoms with Crippen molar-refractivity contribution in [1.82, 2.24) is 15.3 Å². The van der Waals surface area contributed by atoms with E-state index < -0.39 is 0 Å². The Morgan fingerprint density at radius 2 is 2.10 bits per heavy atom. The number of carbonyl (C=O) groups is 1. The van der Waals surface area contributed by atoms with E-state index in [0.717, 1.165) is 28.6 Å². The first-order chi connectivity index (χ1) is 10.1. The highest BCUT2D eigenvalue weighted by molar-refractivity contribution is 9.10. The number of halogens is 1. The van der Waals surface area contributed by atoms with Gasteiger partial charge in [-0.3, -0.25) is 4.79 Å². The maximum atomic E-state index is 12.0. The smallest absolute Gasteiger partial charge is 0.270 e. The van der Waals surface area contributed by atoms with Gasteiger partial charge in [-0.15, -0.1) is 0 Å². The predicted molar refractivity (Wildman–Crippen MR) is 84.7 cm³/mol. The SMILES string of the molecule is Cc1cc(Br)ccc1Nc1cc(C(=O)NC2CC2)ncn1. The summed E-state index contributed by atoms with van der Waals surface area (Å²) in [5.74, 6) is 0.465. The molecule has 1 aromatic carbocycles. The number of nitrogens with one attached hydrogen (secondary N) is 2. The first-order valence-corrected chi connectivity index (χ1v) is 7.57. The molecule has 3 rings (SSSR count). The number of hydrogen-bond donors (Lipinski definition) is 2. The van der Waals surface area contributed by atoms with Crippen LogP contribution in [0.25, 0.3) is 0 Å². The van der Waals surface area contributed by atoms with Crippen molar-refractivity contribution < 1.29 is 4.79 Å². The second-order valence-electron chi connectivity index (χ2n) is 5.12. The molecule has 0 spiro atoms. The van der Waals surface area contributed by atoms with Gasteiger partial charge < -0.3 is 10.6 Å². The van der Waals surface area contributed by atoms with Gasteiger partial charge >= 0.3 is 0 Å². The van der Waals surface area contributed by atoms with Crippen LogP contribution in [0, 0.1) is 6.92 Å². The molecule has 0 aliphatic heterocycles. The summed E-state index contributed by atoms with van der Waals surface area (Å²) in [6.07, 6.45) is 3.51. The molecule has 0 radical (unpaired) electrons. The quantitative estimate of drug-likeness (QED) is 0.892. The van der Waals surface area contributed by atoms with Crippen molar-refractivity contribution in [2.24, 2.45) is 0 Å². The summed E-state index contributed by atoms with van der Waals surface area (Å²) in [5, 5.41) is 6.13. The molecule has 1 aliphatic rings. The van der Waals surface area contributed by atoms with E-state index in [4.69, 9.17) is 0 Å². The van der Waals surface area contributed by atoms with Crippen LogP contribution in [0.2, 0.25) is 0 Å². The number of amides is 1. The van der Waals surface area contributed by atoms with Gasteiger partial charge in [0.05, 0.1) is 0 Å². The van der Waals surface area contributed by atoms with Crippen molar-refractivity contribution in [3.8, 4) is 0 Å². The minimum absolute atomic E-state index is 0.143. The topological polar surface area (TPSA) is 66.9 Å². The summed E-state index contributed by atoms with van der Waals surface area (Å²) in [7, 11) is 0. The average Bonchev–Trinajstić information content (AvgIpc) is 3.26. The summed E-state index contributed by atoms with van der Waals surface area (Å²) < 4.78 is 1.03. The second-order valence-corrected chi connectivity index (χ2v) is 6.04. The summed E-state index contributed by atoms with van der Waals surface area (Å²) in [6, 6.07) is 7.92. The van der Waals surface area contributed by atoms with Crippen molar-refractivity contribution in [1.29, 1.82) is 0 Å². The van der Waals surface area contributed by atoms with Crippen LogP contribution in [0.4, 0.5) is 11.5 Å². The van der Waals surface area contributed by atoms with Crippen LogP contribution in [-0.2, 0) is 0 Å². The zero-order chi connectivity index (χ0) is 14.8. The minimum Gasteiger partial charge on any atom is -0.348 e. The summed E-state index contributed by atoms with van der Waals surface area (Å²) >= 11 is 3.43. The zero-order valence-corrected chi connectivity index (χ0v) is 13.1. The molecule has 1 aliphatic carbocycles. The van der Waals surface area contributed by atoms with Gasteiger partial charge in [-0.05, 0) is 43.5 Å². The predicted octanol–water partition coefficient (Wildman–Crippen LogP) is 3.18. The maximum Gasteiger partial charge on any atom is 0.270 e. The van der Waals surface area contributed by atoms with Crippen molar-refractivity contribution in [2.75, 3.05) is 5.32 Å². The van der Waals surface area contributed by atoms with Crippen LogP contribution in [-0.4, -0.2) is 21.9 Å². The van der Waals surface area contributed by atoms with Gasteiger partial charge in [-0.2, -0.15) is 0 Å². The maximum absolute atomic E-state index is 12.0. The van der Waals surface area contributed by atoms with Gasteiger partial charge in [0.15, 0.2) is 0 Å². The molecular formula is C15H15BrN4O. The Morgan fingerprint density at radius 3 is 2.81 bits per heavy atom. The molecule has 0 unspecified atom stereocenters. The minimum atomic E-state index is -0.143. The van der Waals surface area contributed by atoms with Crippen molar-refractivity contribution in [3.05, 3.63) is 46.3 Å². The molecule has 5 nitrogen and oxygen atoms in total. The van der Waals surface area contributed by atoms with Gasteiger partial charge in [0, 0.05) is 22.3 Å². The van der Waals surface area contributed by atoms with Crippen LogP contribution in [0.1, 0.15) is 28.9 Å². The van der Waals surface area contributed by atoms with Gasteiger partial charge in [0.25, 0.3) is 5.91 Å². The number of anilines is 2. The van der Waals surface area contributed by atoms with Crippen LogP contribution >= 0.6 is 15.9 Å². The Kier molecular flexibility index (Phi) is 3.88. The number of aromatic nitrogens is 2. The Morgan fingerprint density at radius 1 is 1.29 bits per heavy atom. The molecule has 1 amide bonds. The normalized spacial score (nSPS) is 13.8. The summed E-state index contributed by atoms with van der Waals surface area (Å²) in [6.45, 7) is 2.01. The van der Waals surface area contributed by atoms with Gasteiger partial charge in [-0.1, -0.05) is 15.9 Å². The van der Waals surface area contributed by atoms with E-state index in [9.17, 15) is 4.79 Å². The number of nitrogens with zero attached hydrogens (tertiary/aromatic N) is 2.